The van der Waals surface area contributed by atoms with Crippen molar-refractivity contribution in [2.45, 2.75) is 78.6 Å². The molecule has 226 valence electrons. The maximum atomic E-state index is 13.1. The highest BCUT2D eigenvalue weighted by Crippen LogP contribution is 2.63. The van der Waals surface area contributed by atoms with E-state index < -0.39 is 23.5 Å². The van der Waals surface area contributed by atoms with Gasteiger partial charge in [0.2, 0.25) is 0 Å². The second-order valence-electron chi connectivity index (χ2n) is 12.5. The van der Waals surface area contributed by atoms with E-state index in [0.29, 0.717) is 30.8 Å². The second-order valence-corrected chi connectivity index (χ2v) is 14.6. The molecule has 0 radical (unpaired) electrons. The number of rotatable bonds is 8. The summed E-state index contributed by atoms with van der Waals surface area (Å²) in [6.45, 7) is 5.77. The van der Waals surface area contributed by atoms with Crippen molar-refractivity contribution < 1.29 is 27.8 Å². The first-order valence-electron chi connectivity index (χ1n) is 14.8. The van der Waals surface area contributed by atoms with E-state index >= 15 is 0 Å². The largest absolute Gasteiger partial charge is 0.461 e. The van der Waals surface area contributed by atoms with E-state index in [9.17, 15) is 18.4 Å². The van der Waals surface area contributed by atoms with Crippen molar-refractivity contribution in [2.75, 3.05) is 6.61 Å². The van der Waals surface area contributed by atoms with Gasteiger partial charge in [-0.25, -0.2) is 9.59 Å². The number of esters is 2. The Hall–Kier alpha value is -3.45. The molecule has 0 spiro atoms. The fourth-order valence-electron chi connectivity index (χ4n) is 7.36. The lowest BCUT2D eigenvalue weighted by Gasteiger charge is -2.60. The molecule has 43 heavy (non-hydrogen) atoms. The maximum absolute atomic E-state index is 13.1. The van der Waals surface area contributed by atoms with Gasteiger partial charge >= 0.3 is 17.9 Å². The van der Waals surface area contributed by atoms with Crippen LogP contribution in [0.25, 0.3) is 0 Å². The summed E-state index contributed by atoms with van der Waals surface area (Å²) < 4.78 is 36.8. The normalized spacial score (nSPS) is 25.4. The number of benzene rings is 3. The van der Waals surface area contributed by atoms with Gasteiger partial charge in [0, 0.05) is 17.9 Å². The average molecular weight is 606 g/mol. The summed E-state index contributed by atoms with van der Waals surface area (Å²) in [5, 5.41) is 0. The summed E-state index contributed by atoms with van der Waals surface area (Å²) in [4.78, 5) is 27.5. The smallest absolute Gasteiger partial charge is 0.376 e. The van der Waals surface area contributed by atoms with Gasteiger partial charge in [-0.1, -0.05) is 61.2 Å². The monoisotopic (exact) mass is 605 g/mol. The van der Waals surface area contributed by atoms with E-state index in [1.807, 2.05) is 0 Å². The molecule has 3 aromatic carbocycles. The molecule has 0 saturated heterocycles. The number of hydrogen-bond acceptors (Lipinski definition) is 4. The summed E-state index contributed by atoms with van der Waals surface area (Å²) in [5.74, 6) is -4.57. The molecule has 4 aliphatic rings. The van der Waals surface area contributed by atoms with Gasteiger partial charge in [-0.15, -0.1) is 0 Å². The highest BCUT2D eigenvalue weighted by Gasteiger charge is 2.60. The highest BCUT2D eigenvalue weighted by molar-refractivity contribution is 7.97. The molecule has 3 aromatic rings. The lowest BCUT2D eigenvalue weighted by Crippen LogP contribution is -2.59. The van der Waals surface area contributed by atoms with E-state index in [2.05, 4.69) is 97.6 Å². The van der Waals surface area contributed by atoms with Gasteiger partial charge in [-0.05, 0) is 93.7 Å². The summed E-state index contributed by atoms with van der Waals surface area (Å²) in [6, 6.07) is 32.2. The molecule has 0 amide bonds. The van der Waals surface area contributed by atoms with Crippen molar-refractivity contribution in [2.24, 2.45) is 17.3 Å². The molecule has 0 aromatic heterocycles. The third-order valence-electron chi connectivity index (χ3n) is 8.59. The van der Waals surface area contributed by atoms with Crippen LogP contribution in [0.5, 0.6) is 0 Å². The molecule has 0 heterocycles. The van der Waals surface area contributed by atoms with Crippen LogP contribution in [-0.2, 0) is 30.0 Å². The number of carbonyl (C=O) groups excluding carboxylic acids is 2. The van der Waals surface area contributed by atoms with E-state index in [1.165, 1.54) is 14.7 Å². The van der Waals surface area contributed by atoms with Crippen LogP contribution < -0.4 is 0 Å². The first-order valence-corrected chi connectivity index (χ1v) is 16.0. The molecule has 4 nitrogen and oxygen atoms in total. The summed E-state index contributed by atoms with van der Waals surface area (Å²) >= 11 is 0. The van der Waals surface area contributed by atoms with E-state index in [4.69, 9.17) is 9.47 Å². The standard InChI is InChI=1S/C18H24F2O4.C18H15S/c1-11(2)14(21)24-18-7-12-4-13(8-18)6-17(5-12,9-18)10-23-15(22)16(3,19)20;1-4-10-16(11-5-1)19(17-12-6-2-7-13-17)18-14-8-3-9-15-18/h12-13H,1,4-10H2,2-3H3;1-15H/q;+1. The number of hydrogen-bond donors (Lipinski definition) is 0. The molecular formula is C36H39F2O4S+. The minimum atomic E-state index is -3.48. The second kappa shape index (κ2) is 12.7. The Kier molecular flexibility index (Phi) is 9.12. The number of carbonyl (C=O) groups is 2. The van der Waals surface area contributed by atoms with Crippen molar-refractivity contribution in [3.8, 4) is 0 Å². The predicted molar refractivity (Wildman–Crippen MR) is 164 cm³/mol. The van der Waals surface area contributed by atoms with Crippen molar-refractivity contribution in [1.82, 2.24) is 0 Å². The number of alkyl halides is 2. The van der Waals surface area contributed by atoms with Gasteiger partial charge in [-0.3, -0.25) is 0 Å². The van der Waals surface area contributed by atoms with Gasteiger partial charge in [0.1, 0.15) is 5.60 Å². The van der Waals surface area contributed by atoms with Crippen molar-refractivity contribution in [1.29, 1.82) is 0 Å². The van der Waals surface area contributed by atoms with E-state index in [0.717, 1.165) is 32.1 Å². The summed E-state index contributed by atoms with van der Waals surface area (Å²) in [5.41, 5.74) is -0.543. The Morgan fingerprint density at radius 3 is 1.67 bits per heavy atom. The average Bonchev–Trinajstić information content (AvgIpc) is 2.97. The van der Waals surface area contributed by atoms with Gasteiger partial charge in [0.05, 0.1) is 17.5 Å². The number of ether oxygens (including phenoxy) is 2. The molecule has 4 saturated carbocycles. The van der Waals surface area contributed by atoms with Crippen molar-refractivity contribution in [3.63, 3.8) is 0 Å². The van der Waals surface area contributed by atoms with Crippen LogP contribution in [0.2, 0.25) is 0 Å². The summed E-state index contributed by atoms with van der Waals surface area (Å²) in [7, 11) is -0.0146. The zero-order valence-corrected chi connectivity index (χ0v) is 25.6. The fourth-order valence-corrected chi connectivity index (χ4v) is 9.46. The summed E-state index contributed by atoms with van der Waals surface area (Å²) in [6.07, 6.45) is 4.96. The zero-order chi connectivity index (χ0) is 30.7. The minimum absolute atomic E-state index is 0.0146. The Balaban J connectivity index is 0.000000176. The molecule has 7 rings (SSSR count). The molecule has 4 fully saturated rings. The van der Waals surface area contributed by atoms with Gasteiger partial charge in [-0.2, -0.15) is 8.78 Å². The van der Waals surface area contributed by atoms with Crippen LogP contribution in [0, 0.1) is 17.3 Å². The van der Waals surface area contributed by atoms with Crippen LogP contribution in [0.3, 0.4) is 0 Å². The van der Waals surface area contributed by atoms with Crippen molar-refractivity contribution in [3.05, 3.63) is 103 Å². The predicted octanol–water partition coefficient (Wildman–Crippen LogP) is 8.43. The van der Waals surface area contributed by atoms with Crippen LogP contribution >= 0.6 is 0 Å². The maximum Gasteiger partial charge on any atom is 0.376 e. The molecule has 2 unspecified atom stereocenters. The molecule has 0 aliphatic heterocycles. The topological polar surface area (TPSA) is 52.6 Å². The molecule has 4 aliphatic carbocycles. The van der Waals surface area contributed by atoms with Gasteiger partial charge in [0.25, 0.3) is 0 Å². The fraction of sp³-hybridized carbons (Fsp3) is 0.389. The zero-order valence-electron chi connectivity index (χ0n) is 24.8. The van der Waals surface area contributed by atoms with E-state index in [1.54, 1.807) is 6.92 Å². The van der Waals surface area contributed by atoms with Crippen molar-refractivity contribution >= 4 is 22.8 Å². The van der Waals surface area contributed by atoms with Crippen LogP contribution in [0.4, 0.5) is 8.78 Å². The quantitative estimate of drug-likeness (QED) is 0.147. The van der Waals surface area contributed by atoms with Gasteiger partial charge in [0.15, 0.2) is 14.7 Å². The van der Waals surface area contributed by atoms with E-state index in [-0.39, 0.29) is 22.9 Å². The Morgan fingerprint density at radius 1 is 0.837 bits per heavy atom. The molecule has 2 atom stereocenters. The minimum Gasteiger partial charge on any atom is -0.461 e. The molecule has 4 bridgehead atoms. The van der Waals surface area contributed by atoms with Crippen LogP contribution in [0.15, 0.2) is 118 Å². The Morgan fingerprint density at radius 2 is 1.28 bits per heavy atom. The Labute approximate surface area is 255 Å². The van der Waals surface area contributed by atoms with Crippen LogP contribution in [0.1, 0.15) is 52.4 Å². The third-order valence-corrected chi connectivity index (χ3v) is 10.8. The Bertz CT molecular complexity index is 1310. The van der Waals surface area contributed by atoms with Gasteiger partial charge < -0.3 is 9.47 Å². The van der Waals surface area contributed by atoms with Crippen LogP contribution in [-0.4, -0.2) is 30.1 Å². The highest BCUT2D eigenvalue weighted by atomic mass is 32.2. The third kappa shape index (κ3) is 7.38. The molecule has 0 N–H and O–H groups in total. The molecular weight excluding hydrogens is 566 g/mol. The lowest BCUT2D eigenvalue weighted by atomic mass is 9.48. The molecule has 7 heteroatoms. The first kappa shape index (κ1) is 31.0. The first-order chi connectivity index (χ1) is 20.5. The number of halogens is 2. The lowest BCUT2D eigenvalue weighted by molar-refractivity contribution is -0.211. The SMILES string of the molecule is C=C(C)C(=O)OC12CC3CC(CC(COC(=O)C(C)(F)F)(C3)C1)C2.c1ccc([S+](c2ccccc2)c2ccccc2)cc1.